The third kappa shape index (κ3) is 2.02. The minimum Gasteiger partial charge on any atom is -0.398 e. The van der Waals surface area contributed by atoms with E-state index in [-0.39, 0.29) is 5.82 Å². The summed E-state index contributed by atoms with van der Waals surface area (Å²) in [5.41, 5.74) is 6.28. The number of nitrogens with zero attached hydrogens (tertiary/aromatic N) is 2. The first-order chi connectivity index (χ1) is 8.17. The highest BCUT2D eigenvalue weighted by Crippen LogP contribution is 2.29. The Hall–Kier alpha value is -1.84. The first-order valence-electron chi connectivity index (χ1n) is 5.76. The Balaban J connectivity index is 2.72. The molecule has 2 N–H and O–H groups in total. The molecule has 0 amide bonds. The minimum atomic E-state index is -0.323. The summed E-state index contributed by atoms with van der Waals surface area (Å²) in [6.07, 6.45) is 1.71. The van der Waals surface area contributed by atoms with Gasteiger partial charge in [0.15, 0.2) is 0 Å². The first kappa shape index (κ1) is 11.6. The lowest BCUT2D eigenvalue weighted by Gasteiger charge is -2.21. The average molecular weight is 233 g/mol. The molecule has 17 heavy (non-hydrogen) atoms. The number of benzene rings is 1. The van der Waals surface area contributed by atoms with E-state index in [1.165, 1.54) is 12.1 Å². The monoisotopic (exact) mass is 233 g/mol. The largest absolute Gasteiger partial charge is 0.398 e. The third-order valence-corrected chi connectivity index (χ3v) is 2.92. The van der Waals surface area contributed by atoms with Crippen LogP contribution in [-0.4, -0.2) is 18.1 Å². The van der Waals surface area contributed by atoms with Crippen molar-refractivity contribution in [2.24, 2.45) is 0 Å². The lowest BCUT2D eigenvalue weighted by molar-refractivity contribution is 0.630. The van der Waals surface area contributed by atoms with Gasteiger partial charge in [0, 0.05) is 35.7 Å². The molecule has 0 aliphatic rings. The highest BCUT2D eigenvalue weighted by molar-refractivity contribution is 5.99. The summed E-state index contributed by atoms with van der Waals surface area (Å²) >= 11 is 0. The Kier molecular flexibility index (Phi) is 3.13. The lowest BCUT2D eigenvalue weighted by atomic mass is 10.1. The second kappa shape index (κ2) is 4.57. The van der Waals surface area contributed by atoms with Crippen LogP contribution in [0.3, 0.4) is 0 Å². The van der Waals surface area contributed by atoms with E-state index in [1.54, 1.807) is 6.20 Å². The van der Waals surface area contributed by atoms with E-state index in [4.69, 9.17) is 5.73 Å². The smallest absolute Gasteiger partial charge is 0.136 e. The van der Waals surface area contributed by atoms with Gasteiger partial charge < -0.3 is 10.6 Å². The predicted octanol–water partition coefficient (Wildman–Crippen LogP) is 2.80. The number of pyridine rings is 1. The Labute approximate surface area is 100 Å². The van der Waals surface area contributed by atoms with Gasteiger partial charge in [-0.25, -0.2) is 9.37 Å². The molecular formula is C13H16FN3. The Morgan fingerprint density at radius 2 is 1.94 bits per heavy atom. The summed E-state index contributed by atoms with van der Waals surface area (Å²) in [6.45, 7) is 5.76. The molecular weight excluding hydrogens is 217 g/mol. The maximum absolute atomic E-state index is 13.4. The van der Waals surface area contributed by atoms with Crippen molar-refractivity contribution >= 4 is 22.3 Å². The summed E-state index contributed by atoms with van der Waals surface area (Å²) in [4.78, 5) is 6.42. The van der Waals surface area contributed by atoms with Crippen LogP contribution in [0.25, 0.3) is 10.8 Å². The van der Waals surface area contributed by atoms with Crippen molar-refractivity contribution in [3.63, 3.8) is 0 Å². The van der Waals surface area contributed by atoms with Crippen LogP contribution in [0.5, 0.6) is 0 Å². The number of fused-ring (bicyclic) bond motifs is 1. The topological polar surface area (TPSA) is 42.2 Å². The lowest BCUT2D eigenvalue weighted by Crippen LogP contribution is -2.23. The van der Waals surface area contributed by atoms with Crippen molar-refractivity contribution in [3.05, 3.63) is 30.2 Å². The Morgan fingerprint density at radius 3 is 2.59 bits per heavy atom. The summed E-state index contributed by atoms with van der Waals surface area (Å²) < 4.78 is 13.4. The maximum atomic E-state index is 13.4. The van der Waals surface area contributed by atoms with E-state index in [0.717, 1.165) is 29.7 Å². The van der Waals surface area contributed by atoms with Crippen LogP contribution in [0.15, 0.2) is 24.4 Å². The van der Waals surface area contributed by atoms with E-state index >= 15 is 0 Å². The highest BCUT2D eigenvalue weighted by atomic mass is 19.1. The molecule has 0 saturated carbocycles. The van der Waals surface area contributed by atoms with E-state index in [2.05, 4.69) is 9.88 Å². The van der Waals surface area contributed by atoms with Crippen LogP contribution < -0.4 is 10.6 Å². The van der Waals surface area contributed by atoms with Crippen LogP contribution in [0.2, 0.25) is 0 Å². The van der Waals surface area contributed by atoms with Crippen molar-refractivity contribution in [3.8, 4) is 0 Å². The molecule has 0 unspecified atom stereocenters. The van der Waals surface area contributed by atoms with Gasteiger partial charge in [-0.15, -0.1) is 0 Å². The SMILES string of the molecule is CCN(CC)c1nccc2c(N)cc(F)cc12. The van der Waals surface area contributed by atoms with Gasteiger partial charge in [-0.1, -0.05) is 0 Å². The number of hydrogen-bond donors (Lipinski definition) is 1. The van der Waals surface area contributed by atoms with E-state index in [9.17, 15) is 4.39 Å². The highest BCUT2D eigenvalue weighted by Gasteiger charge is 2.11. The van der Waals surface area contributed by atoms with Gasteiger partial charge in [0.25, 0.3) is 0 Å². The second-order valence-corrected chi connectivity index (χ2v) is 3.90. The fourth-order valence-corrected chi connectivity index (χ4v) is 2.04. The number of nitrogens with two attached hydrogens (primary N) is 1. The molecule has 1 aromatic carbocycles. The van der Waals surface area contributed by atoms with Crippen molar-refractivity contribution in [1.82, 2.24) is 4.98 Å². The van der Waals surface area contributed by atoms with Crippen molar-refractivity contribution in [2.45, 2.75) is 13.8 Å². The average Bonchev–Trinajstić information content (AvgIpc) is 2.31. The standard InChI is InChI=1S/C13H16FN3/c1-3-17(4-2)13-11-7-9(14)8-12(15)10(11)5-6-16-13/h5-8H,3-4,15H2,1-2H3. The molecule has 1 aromatic heterocycles. The molecule has 0 spiro atoms. The molecule has 0 bridgehead atoms. The van der Waals surface area contributed by atoms with Crippen LogP contribution in [0.4, 0.5) is 15.9 Å². The number of hydrogen-bond acceptors (Lipinski definition) is 3. The molecule has 90 valence electrons. The number of anilines is 2. The van der Waals surface area contributed by atoms with Crippen molar-refractivity contribution in [1.29, 1.82) is 0 Å². The van der Waals surface area contributed by atoms with Gasteiger partial charge >= 0.3 is 0 Å². The Bertz CT molecular complexity index is 535. The fourth-order valence-electron chi connectivity index (χ4n) is 2.04. The van der Waals surface area contributed by atoms with Crippen LogP contribution in [-0.2, 0) is 0 Å². The zero-order chi connectivity index (χ0) is 12.4. The van der Waals surface area contributed by atoms with E-state index in [1.807, 2.05) is 19.9 Å². The Morgan fingerprint density at radius 1 is 1.24 bits per heavy atom. The minimum absolute atomic E-state index is 0.323. The van der Waals surface area contributed by atoms with Gasteiger partial charge in [0.05, 0.1) is 0 Å². The second-order valence-electron chi connectivity index (χ2n) is 3.90. The van der Waals surface area contributed by atoms with Gasteiger partial charge in [-0.3, -0.25) is 0 Å². The maximum Gasteiger partial charge on any atom is 0.136 e. The third-order valence-electron chi connectivity index (χ3n) is 2.92. The van der Waals surface area contributed by atoms with Crippen LogP contribution in [0.1, 0.15) is 13.8 Å². The molecule has 0 fully saturated rings. The molecule has 1 heterocycles. The number of aromatic nitrogens is 1. The van der Waals surface area contributed by atoms with Crippen LogP contribution in [0, 0.1) is 5.82 Å². The van der Waals surface area contributed by atoms with Crippen LogP contribution >= 0.6 is 0 Å². The first-order valence-corrected chi connectivity index (χ1v) is 5.76. The fraction of sp³-hybridized carbons (Fsp3) is 0.308. The normalized spacial score (nSPS) is 10.8. The van der Waals surface area contributed by atoms with Gasteiger partial charge in [-0.05, 0) is 32.0 Å². The number of rotatable bonds is 3. The predicted molar refractivity (Wildman–Crippen MR) is 69.7 cm³/mol. The van der Waals surface area contributed by atoms with E-state index in [0.29, 0.717) is 5.69 Å². The summed E-state index contributed by atoms with van der Waals surface area (Å²) in [5, 5.41) is 1.62. The van der Waals surface area contributed by atoms with Gasteiger partial charge in [0.1, 0.15) is 11.6 Å². The molecule has 0 atom stereocenters. The summed E-state index contributed by atoms with van der Waals surface area (Å²) in [7, 11) is 0. The molecule has 0 saturated heterocycles. The quantitative estimate of drug-likeness (QED) is 0.829. The van der Waals surface area contributed by atoms with Gasteiger partial charge in [0.2, 0.25) is 0 Å². The molecule has 3 nitrogen and oxygen atoms in total. The molecule has 0 aliphatic heterocycles. The summed E-state index contributed by atoms with van der Waals surface area (Å²) in [6, 6.07) is 4.65. The number of nitrogen functional groups attached to an aromatic ring is 1. The molecule has 2 aromatic rings. The van der Waals surface area contributed by atoms with E-state index < -0.39 is 0 Å². The molecule has 4 heteroatoms. The van der Waals surface area contributed by atoms with Gasteiger partial charge in [-0.2, -0.15) is 0 Å². The zero-order valence-corrected chi connectivity index (χ0v) is 10.1. The van der Waals surface area contributed by atoms with Crippen molar-refractivity contribution in [2.75, 3.05) is 23.7 Å². The molecule has 2 rings (SSSR count). The van der Waals surface area contributed by atoms with Crippen molar-refractivity contribution < 1.29 is 4.39 Å². The molecule has 0 radical (unpaired) electrons. The number of halogens is 1. The zero-order valence-electron chi connectivity index (χ0n) is 10.1. The summed E-state index contributed by atoms with van der Waals surface area (Å²) in [5.74, 6) is 0.468. The molecule has 0 aliphatic carbocycles.